The number of nitrogens with zero attached hydrogens (tertiary/aromatic N) is 1. The fourth-order valence-corrected chi connectivity index (χ4v) is 3.51. The van der Waals surface area contributed by atoms with Gasteiger partial charge in [0.05, 0.1) is 6.04 Å². The molecule has 0 amide bonds. The van der Waals surface area contributed by atoms with Gasteiger partial charge in [-0.2, -0.15) is 0 Å². The number of benzene rings is 1. The second-order valence-corrected chi connectivity index (χ2v) is 6.63. The Bertz CT molecular complexity index is 445. The molecule has 1 saturated heterocycles. The fourth-order valence-electron chi connectivity index (χ4n) is 3.51. The molecule has 1 aliphatic heterocycles. The summed E-state index contributed by atoms with van der Waals surface area (Å²) in [6.07, 6.45) is 2.68. The van der Waals surface area contributed by atoms with Crippen molar-refractivity contribution in [2.24, 2.45) is 0 Å². The molecule has 0 aliphatic carbocycles. The minimum absolute atomic E-state index is 0.158. The van der Waals surface area contributed by atoms with Gasteiger partial charge in [0.2, 0.25) is 0 Å². The van der Waals surface area contributed by atoms with E-state index in [4.69, 9.17) is 0 Å². The predicted molar refractivity (Wildman–Crippen MR) is 87.2 cm³/mol. The Labute approximate surface area is 124 Å². The first-order valence-electron chi connectivity index (χ1n) is 8.03. The number of likely N-dealkylation sites (tertiary alicyclic amines) is 1. The molecule has 1 atom stereocenters. The molecular formula is C18H30N2. The van der Waals surface area contributed by atoms with E-state index in [1.807, 2.05) is 0 Å². The molecule has 2 heteroatoms. The third-order valence-electron chi connectivity index (χ3n) is 4.99. The number of rotatable bonds is 5. The molecule has 2 rings (SSSR count). The molecule has 0 aromatic heterocycles. The van der Waals surface area contributed by atoms with E-state index in [1.165, 1.54) is 42.6 Å². The zero-order chi connectivity index (χ0) is 14.8. The van der Waals surface area contributed by atoms with E-state index >= 15 is 0 Å². The molecule has 2 nitrogen and oxygen atoms in total. The summed E-state index contributed by atoms with van der Waals surface area (Å²) in [5, 5.41) is 3.74. The third-order valence-corrected chi connectivity index (χ3v) is 4.99. The highest BCUT2D eigenvalue weighted by atomic mass is 15.2. The number of hydrogen-bond donors (Lipinski definition) is 1. The maximum absolute atomic E-state index is 3.74. The van der Waals surface area contributed by atoms with Crippen LogP contribution in [0.5, 0.6) is 0 Å². The molecule has 112 valence electrons. The molecular weight excluding hydrogens is 244 g/mol. The van der Waals surface area contributed by atoms with Crippen molar-refractivity contribution in [3.05, 3.63) is 34.9 Å². The maximum Gasteiger partial charge on any atom is 0.0504 e. The number of aryl methyl sites for hydroxylation is 1. The van der Waals surface area contributed by atoms with Crippen LogP contribution >= 0.6 is 0 Å². The summed E-state index contributed by atoms with van der Waals surface area (Å²) in [5.74, 6) is 0. The molecule has 20 heavy (non-hydrogen) atoms. The molecule has 0 saturated carbocycles. The molecule has 1 N–H and O–H groups in total. The standard InChI is InChI=1S/C18H30N2/c1-6-19-17(16-11-9-10-14(2)15(16)3)18(4,5)20-12-7-8-13-20/h9-11,17,19H,6-8,12-13H2,1-5H3. The van der Waals surface area contributed by atoms with Crippen molar-refractivity contribution in [1.82, 2.24) is 10.2 Å². The zero-order valence-corrected chi connectivity index (χ0v) is 13.8. The Balaban J connectivity index is 2.37. The molecule has 1 aliphatic rings. The van der Waals surface area contributed by atoms with Crippen molar-refractivity contribution < 1.29 is 0 Å². The van der Waals surface area contributed by atoms with Crippen LogP contribution in [0, 0.1) is 13.8 Å². The van der Waals surface area contributed by atoms with Crippen molar-refractivity contribution in [1.29, 1.82) is 0 Å². The molecule has 1 aromatic carbocycles. The lowest BCUT2D eigenvalue weighted by atomic mass is 9.84. The molecule has 0 spiro atoms. The average Bonchev–Trinajstić information content (AvgIpc) is 2.94. The second kappa shape index (κ2) is 6.28. The lowest BCUT2D eigenvalue weighted by Crippen LogP contribution is -2.51. The van der Waals surface area contributed by atoms with Gasteiger partial charge >= 0.3 is 0 Å². The smallest absolute Gasteiger partial charge is 0.0504 e. The van der Waals surface area contributed by atoms with Crippen molar-refractivity contribution >= 4 is 0 Å². The van der Waals surface area contributed by atoms with Crippen LogP contribution in [0.3, 0.4) is 0 Å². The molecule has 1 aromatic rings. The van der Waals surface area contributed by atoms with Gasteiger partial charge in [0.1, 0.15) is 0 Å². The summed E-state index contributed by atoms with van der Waals surface area (Å²) in [5.41, 5.74) is 4.45. The summed E-state index contributed by atoms with van der Waals surface area (Å²) < 4.78 is 0. The van der Waals surface area contributed by atoms with Crippen molar-refractivity contribution in [3.8, 4) is 0 Å². The van der Waals surface area contributed by atoms with Crippen LogP contribution in [0.15, 0.2) is 18.2 Å². The van der Waals surface area contributed by atoms with Crippen molar-refractivity contribution in [3.63, 3.8) is 0 Å². The Kier molecular flexibility index (Phi) is 4.87. The van der Waals surface area contributed by atoms with Gasteiger partial charge in [-0.3, -0.25) is 4.90 Å². The van der Waals surface area contributed by atoms with Crippen molar-refractivity contribution in [2.75, 3.05) is 19.6 Å². The van der Waals surface area contributed by atoms with E-state index in [-0.39, 0.29) is 5.54 Å². The van der Waals surface area contributed by atoms with E-state index in [0.29, 0.717) is 6.04 Å². The Morgan fingerprint density at radius 2 is 1.85 bits per heavy atom. The normalized spacial score (nSPS) is 18.4. The number of nitrogens with one attached hydrogen (secondary N) is 1. The molecule has 1 unspecified atom stereocenters. The number of hydrogen-bond acceptors (Lipinski definition) is 2. The molecule has 1 heterocycles. The van der Waals surface area contributed by atoms with Crippen LogP contribution in [0.4, 0.5) is 0 Å². The van der Waals surface area contributed by atoms with Crippen LogP contribution in [-0.4, -0.2) is 30.1 Å². The Morgan fingerprint density at radius 3 is 2.45 bits per heavy atom. The Morgan fingerprint density at radius 1 is 1.20 bits per heavy atom. The van der Waals surface area contributed by atoms with Crippen LogP contribution in [0.2, 0.25) is 0 Å². The topological polar surface area (TPSA) is 15.3 Å². The summed E-state index contributed by atoms with van der Waals surface area (Å²) in [6, 6.07) is 7.10. The van der Waals surface area contributed by atoms with Crippen LogP contribution in [0.1, 0.15) is 56.3 Å². The lowest BCUT2D eigenvalue weighted by Gasteiger charge is -2.43. The van der Waals surface area contributed by atoms with Gasteiger partial charge < -0.3 is 5.32 Å². The van der Waals surface area contributed by atoms with E-state index in [2.05, 4.69) is 63.0 Å². The monoisotopic (exact) mass is 274 g/mol. The molecule has 1 fully saturated rings. The van der Waals surface area contributed by atoms with Gasteiger partial charge in [0.25, 0.3) is 0 Å². The average molecular weight is 274 g/mol. The van der Waals surface area contributed by atoms with E-state index < -0.39 is 0 Å². The third kappa shape index (κ3) is 2.91. The summed E-state index contributed by atoms with van der Waals surface area (Å²) in [4.78, 5) is 2.65. The molecule has 0 radical (unpaired) electrons. The van der Waals surface area contributed by atoms with E-state index in [9.17, 15) is 0 Å². The minimum Gasteiger partial charge on any atom is -0.309 e. The summed E-state index contributed by atoms with van der Waals surface area (Å²) in [7, 11) is 0. The lowest BCUT2D eigenvalue weighted by molar-refractivity contribution is 0.107. The first-order chi connectivity index (χ1) is 9.48. The van der Waals surface area contributed by atoms with Gasteiger partial charge in [-0.25, -0.2) is 0 Å². The molecule has 0 bridgehead atoms. The minimum atomic E-state index is 0.158. The van der Waals surface area contributed by atoms with E-state index in [0.717, 1.165) is 6.54 Å². The van der Waals surface area contributed by atoms with Gasteiger partial charge in [-0.1, -0.05) is 25.1 Å². The van der Waals surface area contributed by atoms with E-state index in [1.54, 1.807) is 0 Å². The first kappa shape index (κ1) is 15.5. The van der Waals surface area contributed by atoms with Crippen LogP contribution < -0.4 is 5.32 Å². The fraction of sp³-hybridized carbons (Fsp3) is 0.667. The van der Waals surface area contributed by atoms with Gasteiger partial charge in [0.15, 0.2) is 0 Å². The number of likely N-dealkylation sites (N-methyl/N-ethyl adjacent to an activating group) is 1. The maximum atomic E-state index is 3.74. The quantitative estimate of drug-likeness (QED) is 0.878. The predicted octanol–water partition coefficient (Wildman–Crippen LogP) is 3.83. The largest absolute Gasteiger partial charge is 0.309 e. The first-order valence-corrected chi connectivity index (χ1v) is 8.03. The summed E-state index contributed by atoms with van der Waals surface area (Å²) in [6.45, 7) is 15.0. The van der Waals surface area contributed by atoms with Crippen molar-refractivity contribution in [2.45, 2.75) is 59.0 Å². The van der Waals surface area contributed by atoms with Gasteiger partial charge in [-0.15, -0.1) is 0 Å². The highest BCUT2D eigenvalue weighted by Gasteiger charge is 2.37. The van der Waals surface area contributed by atoms with Crippen LogP contribution in [0.25, 0.3) is 0 Å². The van der Waals surface area contributed by atoms with Gasteiger partial charge in [-0.05, 0) is 76.9 Å². The van der Waals surface area contributed by atoms with Crippen LogP contribution in [-0.2, 0) is 0 Å². The highest BCUT2D eigenvalue weighted by molar-refractivity contribution is 5.37. The SMILES string of the molecule is CCNC(c1cccc(C)c1C)C(C)(C)N1CCCC1. The van der Waals surface area contributed by atoms with Gasteiger partial charge in [0, 0.05) is 5.54 Å². The summed E-state index contributed by atoms with van der Waals surface area (Å²) >= 11 is 0. The Hall–Kier alpha value is -0.860. The second-order valence-electron chi connectivity index (χ2n) is 6.63. The zero-order valence-electron chi connectivity index (χ0n) is 13.8. The highest BCUT2D eigenvalue weighted by Crippen LogP contribution is 2.35.